The quantitative estimate of drug-likeness (QED) is 0.332. The molecule has 2 N–H and O–H groups in total. The lowest BCUT2D eigenvalue weighted by molar-refractivity contribution is -0.384. The van der Waals surface area contributed by atoms with Gasteiger partial charge in [0, 0.05) is 36.3 Å². The second kappa shape index (κ2) is 8.68. The van der Waals surface area contributed by atoms with Crippen molar-refractivity contribution in [3.63, 3.8) is 0 Å². The maximum absolute atomic E-state index is 12.5. The molecule has 0 aliphatic rings. The Kier molecular flexibility index (Phi) is 5.63. The summed E-state index contributed by atoms with van der Waals surface area (Å²) < 4.78 is 1.90. The number of nitrogens with one attached hydrogen (secondary N) is 1. The van der Waals surface area contributed by atoms with Crippen LogP contribution in [0, 0.1) is 10.1 Å². The molecular formula is C23H18N4O5. The van der Waals surface area contributed by atoms with Gasteiger partial charge in [-0.25, -0.2) is 9.78 Å². The number of aromatic nitrogens is 2. The molecule has 0 bridgehead atoms. The predicted molar refractivity (Wildman–Crippen MR) is 118 cm³/mol. The van der Waals surface area contributed by atoms with Crippen LogP contribution in [0.3, 0.4) is 0 Å². The zero-order valence-corrected chi connectivity index (χ0v) is 16.8. The number of benzene rings is 3. The molecule has 0 aliphatic heterocycles. The molecule has 0 spiro atoms. The Bertz CT molecular complexity index is 1330. The van der Waals surface area contributed by atoms with Gasteiger partial charge in [0.05, 0.1) is 21.5 Å². The van der Waals surface area contributed by atoms with E-state index in [1.807, 2.05) is 28.8 Å². The molecule has 0 saturated heterocycles. The number of non-ortho nitro benzene ring substituents is 1. The number of nitrogens with zero attached hydrogens (tertiary/aromatic N) is 3. The summed E-state index contributed by atoms with van der Waals surface area (Å²) in [5.74, 6) is -0.690. The van der Waals surface area contributed by atoms with Crippen molar-refractivity contribution in [2.45, 2.75) is 13.0 Å². The van der Waals surface area contributed by atoms with Crippen LogP contribution in [0.25, 0.3) is 22.4 Å². The maximum Gasteiger partial charge on any atom is 0.335 e. The average Bonchev–Trinajstić information content (AvgIpc) is 3.16. The molecule has 9 nitrogen and oxygen atoms in total. The number of hydrogen-bond acceptors (Lipinski definition) is 5. The Morgan fingerprint density at radius 3 is 2.50 bits per heavy atom. The first-order valence-corrected chi connectivity index (χ1v) is 9.75. The molecule has 4 aromatic rings. The molecule has 1 heterocycles. The van der Waals surface area contributed by atoms with Crippen LogP contribution in [0.4, 0.5) is 11.4 Å². The fourth-order valence-electron chi connectivity index (χ4n) is 3.42. The second-order valence-corrected chi connectivity index (χ2v) is 7.06. The van der Waals surface area contributed by atoms with Crippen LogP contribution in [0.2, 0.25) is 0 Å². The van der Waals surface area contributed by atoms with Crippen LogP contribution in [-0.4, -0.2) is 31.5 Å². The molecule has 1 amide bonds. The molecular weight excluding hydrogens is 412 g/mol. The van der Waals surface area contributed by atoms with Crippen LogP contribution in [0.15, 0.2) is 72.8 Å². The summed E-state index contributed by atoms with van der Waals surface area (Å²) in [6.45, 7) is 0.317. The molecule has 0 saturated carbocycles. The Hall–Kier alpha value is -4.53. The van der Waals surface area contributed by atoms with Gasteiger partial charge in [-0.3, -0.25) is 14.9 Å². The molecule has 0 unspecified atom stereocenters. The molecule has 160 valence electrons. The minimum Gasteiger partial charge on any atom is -0.478 e. The van der Waals surface area contributed by atoms with Crippen molar-refractivity contribution in [3.05, 3.63) is 88.5 Å². The van der Waals surface area contributed by atoms with Gasteiger partial charge in [0.25, 0.3) is 5.69 Å². The van der Waals surface area contributed by atoms with Crippen molar-refractivity contribution in [3.8, 4) is 11.4 Å². The number of carbonyl (C=O) groups is 2. The molecule has 32 heavy (non-hydrogen) atoms. The summed E-state index contributed by atoms with van der Waals surface area (Å²) in [7, 11) is 0. The summed E-state index contributed by atoms with van der Waals surface area (Å²) >= 11 is 0. The maximum atomic E-state index is 12.5. The number of carboxylic acids is 1. The van der Waals surface area contributed by atoms with Crippen molar-refractivity contribution >= 4 is 34.3 Å². The minimum absolute atomic E-state index is 0.101. The van der Waals surface area contributed by atoms with Crippen LogP contribution >= 0.6 is 0 Å². The van der Waals surface area contributed by atoms with Crippen molar-refractivity contribution in [1.29, 1.82) is 0 Å². The van der Waals surface area contributed by atoms with Gasteiger partial charge in [0.1, 0.15) is 5.82 Å². The lowest BCUT2D eigenvalue weighted by Gasteiger charge is -2.10. The summed E-state index contributed by atoms with van der Waals surface area (Å²) in [6, 6.07) is 19.7. The van der Waals surface area contributed by atoms with E-state index in [-0.39, 0.29) is 23.6 Å². The smallest absolute Gasteiger partial charge is 0.335 e. The molecule has 3 aromatic carbocycles. The van der Waals surface area contributed by atoms with Gasteiger partial charge in [0.2, 0.25) is 5.91 Å². The van der Waals surface area contributed by atoms with E-state index in [1.54, 1.807) is 18.2 Å². The number of aryl methyl sites for hydroxylation is 1. The molecule has 9 heteroatoms. The van der Waals surface area contributed by atoms with Gasteiger partial charge in [-0.2, -0.15) is 0 Å². The second-order valence-electron chi connectivity index (χ2n) is 7.06. The van der Waals surface area contributed by atoms with Gasteiger partial charge in [-0.1, -0.05) is 30.3 Å². The van der Waals surface area contributed by atoms with E-state index in [0.29, 0.717) is 18.1 Å². The number of para-hydroxylation sites is 2. The fourth-order valence-corrected chi connectivity index (χ4v) is 3.42. The number of hydrogen-bond donors (Lipinski definition) is 2. The Balaban J connectivity index is 1.58. The highest BCUT2D eigenvalue weighted by Gasteiger charge is 2.15. The SMILES string of the molecule is O=C(CCn1c(-c2ccc(C(=O)O)cc2)nc2ccccc21)Nc1cccc([N+](=O)[O-])c1. The number of rotatable bonds is 7. The van der Waals surface area contributed by atoms with Crippen molar-refractivity contribution in [1.82, 2.24) is 9.55 Å². The van der Waals surface area contributed by atoms with Gasteiger partial charge < -0.3 is 15.0 Å². The van der Waals surface area contributed by atoms with Crippen LogP contribution < -0.4 is 5.32 Å². The molecule has 0 radical (unpaired) electrons. The summed E-state index contributed by atoms with van der Waals surface area (Å²) in [5.41, 5.74) is 2.74. The molecule has 0 fully saturated rings. The predicted octanol–water partition coefficient (Wildman–Crippen LogP) is 4.34. The van der Waals surface area contributed by atoms with Crippen molar-refractivity contribution < 1.29 is 19.6 Å². The largest absolute Gasteiger partial charge is 0.478 e. The molecule has 1 aromatic heterocycles. The number of imidazole rings is 1. The number of nitro benzene ring substituents is 1. The number of anilines is 1. The van der Waals surface area contributed by atoms with E-state index < -0.39 is 10.9 Å². The zero-order chi connectivity index (χ0) is 22.7. The average molecular weight is 430 g/mol. The first-order chi connectivity index (χ1) is 15.4. The normalized spacial score (nSPS) is 10.8. The third-order valence-electron chi connectivity index (χ3n) is 4.95. The molecule has 0 atom stereocenters. The lowest BCUT2D eigenvalue weighted by Crippen LogP contribution is -2.15. The van der Waals surface area contributed by atoms with Gasteiger partial charge in [0.15, 0.2) is 0 Å². The Morgan fingerprint density at radius 1 is 1.03 bits per heavy atom. The third-order valence-corrected chi connectivity index (χ3v) is 4.95. The topological polar surface area (TPSA) is 127 Å². The first kappa shape index (κ1) is 20.7. The minimum atomic E-state index is -1.01. The van der Waals surface area contributed by atoms with Crippen molar-refractivity contribution in [2.75, 3.05) is 5.32 Å². The van der Waals surface area contributed by atoms with Crippen LogP contribution in [0.5, 0.6) is 0 Å². The lowest BCUT2D eigenvalue weighted by atomic mass is 10.1. The highest BCUT2D eigenvalue weighted by Crippen LogP contribution is 2.26. The third kappa shape index (κ3) is 4.31. The number of fused-ring (bicyclic) bond motifs is 1. The number of carboxylic acid groups (broad SMARTS) is 1. The number of amides is 1. The molecule has 0 aliphatic carbocycles. The monoisotopic (exact) mass is 430 g/mol. The van der Waals surface area contributed by atoms with Crippen molar-refractivity contribution in [2.24, 2.45) is 0 Å². The van der Waals surface area contributed by atoms with Gasteiger partial charge in [-0.05, 0) is 30.3 Å². The van der Waals surface area contributed by atoms with E-state index in [9.17, 15) is 19.7 Å². The summed E-state index contributed by atoms with van der Waals surface area (Å²) in [4.78, 5) is 38.7. The van der Waals surface area contributed by atoms with Crippen LogP contribution in [-0.2, 0) is 11.3 Å². The highest BCUT2D eigenvalue weighted by molar-refractivity contribution is 5.91. The number of carbonyl (C=O) groups excluding carboxylic acids is 1. The first-order valence-electron chi connectivity index (χ1n) is 9.75. The van der Waals surface area contributed by atoms with Crippen LogP contribution in [0.1, 0.15) is 16.8 Å². The Labute approximate surface area is 182 Å². The van der Waals surface area contributed by atoms with Gasteiger partial charge >= 0.3 is 5.97 Å². The van der Waals surface area contributed by atoms with E-state index >= 15 is 0 Å². The summed E-state index contributed by atoms with van der Waals surface area (Å²) in [5, 5.41) is 22.7. The van der Waals surface area contributed by atoms with E-state index in [4.69, 9.17) is 5.11 Å². The van der Waals surface area contributed by atoms with E-state index in [0.717, 1.165) is 16.6 Å². The summed E-state index contributed by atoms with van der Waals surface area (Å²) in [6.07, 6.45) is 0.114. The zero-order valence-electron chi connectivity index (χ0n) is 16.8. The molecule has 4 rings (SSSR count). The highest BCUT2D eigenvalue weighted by atomic mass is 16.6. The fraction of sp³-hybridized carbons (Fsp3) is 0.0870. The number of aromatic carboxylic acids is 1. The number of nitro groups is 1. The van der Waals surface area contributed by atoms with E-state index in [1.165, 1.54) is 30.3 Å². The van der Waals surface area contributed by atoms with Gasteiger partial charge in [-0.15, -0.1) is 0 Å². The Morgan fingerprint density at radius 2 is 1.78 bits per heavy atom. The standard InChI is InChI=1S/C23H18N4O5/c28-21(24-17-4-3-5-18(14-17)27(31)32)12-13-26-20-7-2-1-6-19(20)25-22(26)15-8-10-16(11-9-15)23(29)30/h1-11,14H,12-13H2,(H,24,28)(H,29,30). The van der Waals surface area contributed by atoms with E-state index in [2.05, 4.69) is 10.3 Å².